The highest BCUT2D eigenvalue weighted by Gasteiger charge is 2.24. The molecule has 0 unspecified atom stereocenters. The monoisotopic (exact) mass is 312 g/mol. The number of rotatable bonds is 4. The third kappa shape index (κ3) is 3.84. The molecular weight excluding hydrogens is 292 g/mol. The number of aromatic nitrogens is 1. The van der Waals surface area contributed by atoms with E-state index in [-0.39, 0.29) is 24.2 Å². The van der Waals surface area contributed by atoms with Gasteiger partial charge in [-0.05, 0) is 6.07 Å². The zero-order valence-electron chi connectivity index (χ0n) is 11.9. The fourth-order valence-corrected chi connectivity index (χ4v) is 2.43. The third-order valence-electron chi connectivity index (χ3n) is 3.78. The Morgan fingerprint density at radius 3 is 2.86 bits per heavy atom. The van der Waals surface area contributed by atoms with Crippen LogP contribution in [-0.4, -0.2) is 50.3 Å². The lowest BCUT2D eigenvalue weighted by Crippen LogP contribution is -2.50. The molecule has 1 amide bonds. The van der Waals surface area contributed by atoms with E-state index in [1.807, 2.05) is 12.1 Å². The van der Waals surface area contributed by atoms with Gasteiger partial charge in [0.2, 0.25) is 5.91 Å². The maximum absolute atomic E-state index is 11.9. The highest BCUT2D eigenvalue weighted by Crippen LogP contribution is 2.18. The van der Waals surface area contributed by atoms with Crippen LogP contribution in [0.5, 0.6) is 0 Å². The van der Waals surface area contributed by atoms with Crippen LogP contribution >= 0.6 is 12.4 Å². The lowest BCUT2D eigenvalue weighted by Gasteiger charge is -2.30. The minimum Gasteiger partial charge on any atom is -0.378 e. The Hall–Kier alpha value is -1.37. The average Bonchev–Trinajstić information content (AvgIpc) is 2.44. The number of carbonyl (C=O) groups is 1. The minimum atomic E-state index is 0. The maximum atomic E-state index is 11.9. The van der Waals surface area contributed by atoms with Crippen molar-refractivity contribution in [3.63, 3.8) is 0 Å². The highest BCUT2D eigenvalue weighted by atomic mass is 35.5. The molecule has 7 heteroatoms. The number of nitrogens with zero attached hydrogens (tertiary/aromatic N) is 2. The molecule has 2 N–H and O–H groups in total. The second-order valence-electron chi connectivity index (χ2n) is 5.16. The van der Waals surface area contributed by atoms with Crippen molar-refractivity contribution in [2.24, 2.45) is 5.92 Å². The summed E-state index contributed by atoms with van der Waals surface area (Å²) in [6, 6.07) is 3.94. The van der Waals surface area contributed by atoms with Crippen LogP contribution in [0.4, 0.5) is 5.82 Å². The van der Waals surface area contributed by atoms with Gasteiger partial charge in [-0.3, -0.25) is 4.79 Å². The van der Waals surface area contributed by atoms with Crippen LogP contribution in [0, 0.1) is 5.92 Å². The number of nitrogens with one attached hydrogen (secondary N) is 2. The number of hydrogen-bond donors (Lipinski definition) is 2. The first-order valence-corrected chi connectivity index (χ1v) is 7.09. The summed E-state index contributed by atoms with van der Waals surface area (Å²) >= 11 is 0. The van der Waals surface area contributed by atoms with E-state index in [1.165, 1.54) is 0 Å². The summed E-state index contributed by atoms with van der Waals surface area (Å²) in [6.45, 7) is 5.28. The number of morpholine rings is 1. The van der Waals surface area contributed by atoms with E-state index in [1.54, 1.807) is 6.20 Å². The first-order chi connectivity index (χ1) is 9.84. The number of pyridine rings is 1. The Balaban J connectivity index is 0.00000161. The molecule has 0 aromatic carbocycles. The summed E-state index contributed by atoms with van der Waals surface area (Å²) in [4.78, 5) is 18.6. The second-order valence-corrected chi connectivity index (χ2v) is 5.16. The van der Waals surface area contributed by atoms with Gasteiger partial charge in [0.25, 0.3) is 0 Å². The number of halogens is 1. The van der Waals surface area contributed by atoms with Gasteiger partial charge < -0.3 is 20.3 Å². The van der Waals surface area contributed by atoms with Crippen LogP contribution in [0.3, 0.4) is 0 Å². The quantitative estimate of drug-likeness (QED) is 0.830. The van der Waals surface area contributed by atoms with Crippen molar-refractivity contribution < 1.29 is 9.53 Å². The Labute approximate surface area is 130 Å². The standard InChI is InChI=1S/C14H20N4O2.ClH/c19-14(12-8-15-9-12)17-10-11-2-1-3-16-13(11)18-4-6-20-7-5-18;/h1-3,12,15H,4-10H2,(H,17,19);1H. The molecule has 0 atom stereocenters. The number of amides is 1. The van der Waals surface area contributed by atoms with Gasteiger partial charge in [-0.15, -0.1) is 12.4 Å². The molecule has 0 bridgehead atoms. The molecule has 1 aromatic rings. The molecule has 3 rings (SSSR count). The first kappa shape index (κ1) is 16.0. The van der Waals surface area contributed by atoms with E-state index < -0.39 is 0 Å². The van der Waals surface area contributed by atoms with Crippen molar-refractivity contribution in [3.8, 4) is 0 Å². The molecule has 0 aliphatic carbocycles. The molecule has 2 aliphatic rings. The van der Waals surface area contributed by atoms with Gasteiger partial charge in [-0.1, -0.05) is 6.07 Å². The Kier molecular flexibility index (Phi) is 5.78. The summed E-state index contributed by atoms with van der Waals surface area (Å²) in [6.07, 6.45) is 1.80. The molecule has 2 saturated heterocycles. The van der Waals surface area contributed by atoms with Crippen molar-refractivity contribution in [2.75, 3.05) is 44.3 Å². The fraction of sp³-hybridized carbons (Fsp3) is 0.571. The van der Waals surface area contributed by atoms with Crippen molar-refractivity contribution in [3.05, 3.63) is 23.9 Å². The molecule has 0 saturated carbocycles. The van der Waals surface area contributed by atoms with Crippen LogP contribution < -0.4 is 15.5 Å². The van der Waals surface area contributed by atoms with Gasteiger partial charge in [-0.2, -0.15) is 0 Å². The predicted molar refractivity (Wildman–Crippen MR) is 82.7 cm³/mol. The summed E-state index contributed by atoms with van der Waals surface area (Å²) in [5.74, 6) is 1.21. The molecule has 6 nitrogen and oxygen atoms in total. The summed E-state index contributed by atoms with van der Waals surface area (Å²) in [7, 11) is 0. The Morgan fingerprint density at radius 1 is 1.43 bits per heavy atom. The lowest BCUT2D eigenvalue weighted by atomic mass is 10.0. The molecular formula is C14H21ClN4O2. The summed E-state index contributed by atoms with van der Waals surface area (Å²) in [5.41, 5.74) is 1.06. The van der Waals surface area contributed by atoms with Gasteiger partial charge in [0, 0.05) is 44.5 Å². The van der Waals surface area contributed by atoms with Crippen LogP contribution in [0.15, 0.2) is 18.3 Å². The van der Waals surface area contributed by atoms with Crippen molar-refractivity contribution in [1.82, 2.24) is 15.6 Å². The van der Waals surface area contributed by atoms with E-state index in [0.717, 1.165) is 50.8 Å². The SMILES string of the molecule is Cl.O=C(NCc1cccnc1N1CCOCC1)C1CNC1. The normalized spacial score (nSPS) is 18.6. The fourth-order valence-electron chi connectivity index (χ4n) is 2.43. The summed E-state index contributed by atoms with van der Waals surface area (Å²) in [5, 5.41) is 6.11. The third-order valence-corrected chi connectivity index (χ3v) is 3.78. The Morgan fingerprint density at radius 2 is 2.19 bits per heavy atom. The molecule has 116 valence electrons. The van der Waals surface area contributed by atoms with Gasteiger partial charge in [0.05, 0.1) is 19.1 Å². The number of carbonyl (C=O) groups excluding carboxylic acids is 1. The Bertz CT molecular complexity index is 476. The van der Waals surface area contributed by atoms with Crippen LogP contribution in [0.1, 0.15) is 5.56 Å². The molecule has 0 spiro atoms. The van der Waals surface area contributed by atoms with Gasteiger partial charge >= 0.3 is 0 Å². The predicted octanol–water partition coefficient (Wildman–Crippen LogP) is 0.176. The van der Waals surface area contributed by atoms with Gasteiger partial charge in [0.1, 0.15) is 5.82 Å². The summed E-state index contributed by atoms with van der Waals surface area (Å²) < 4.78 is 5.37. The number of hydrogen-bond acceptors (Lipinski definition) is 5. The number of ether oxygens (including phenoxy) is 1. The smallest absolute Gasteiger partial charge is 0.225 e. The minimum absolute atomic E-state index is 0. The van der Waals surface area contributed by atoms with Crippen molar-refractivity contribution >= 4 is 24.1 Å². The molecule has 2 fully saturated rings. The van der Waals surface area contributed by atoms with Crippen molar-refractivity contribution in [2.45, 2.75) is 6.54 Å². The van der Waals surface area contributed by atoms with E-state index >= 15 is 0 Å². The maximum Gasteiger partial charge on any atom is 0.225 e. The molecule has 1 aromatic heterocycles. The zero-order valence-corrected chi connectivity index (χ0v) is 12.7. The van der Waals surface area contributed by atoms with E-state index in [4.69, 9.17) is 4.74 Å². The van der Waals surface area contributed by atoms with E-state index in [9.17, 15) is 4.79 Å². The van der Waals surface area contributed by atoms with Crippen LogP contribution in [-0.2, 0) is 16.1 Å². The van der Waals surface area contributed by atoms with Gasteiger partial charge in [-0.25, -0.2) is 4.98 Å². The molecule has 0 radical (unpaired) electrons. The van der Waals surface area contributed by atoms with Gasteiger partial charge in [0.15, 0.2) is 0 Å². The largest absolute Gasteiger partial charge is 0.378 e. The lowest BCUT2D eigenvalue weighted by molar-refractivity contribution is -0.126. The molecule has 2 aliphatic heterocycles. The average molecular weight is 313 g/mol. The van der Waals surface area contributed by atoms with Crippen molar-refractivity contribution in [1.29, 1.82) is 0 Å². The zero-order chi connectivity index (χ0) is 13.8. The molecule has 3 heterocycles. The molecule has 21 heavy (non-hydrogen) atoms. The van der Waals surface area contributed by atoms with Crippen LogP contribution in [0.2, 0.25) is 0 Å². The topological polar surface area (TPSA) is 66.5 Å². The highest BCUT2D eigenvalue weighted by molar-refractivity contribution is 5.85. The van der Waals surface area contributed by atoms with E-state index in [2.05, 4.69) is 20.5 Å². The van der Waals surface area contributed by atoms with Crippen LogP contribution in [0.25, 0.3) is 0 Å². The second kappa shape index (κ2) is 7.59. The number of anilines is 1. The van der Waals surface area contributed by atoms with E-state index in [0.29, 0.717) is 6.54 Å². The first-order valence-electron chi connectivity index (χ1n) is 7.09.